The molecule has 27 heavy (non-hydrogen) atoms. The Morgan fingerprint density at radius 2 is 1.07 bits per heavy atom. The minimum atomic E-state index is -1.57. The van der Waals surface area contributed by atoms with Crippen molar-refractivity contribution in [2.45, 2.75) is 71.4 Å². The van der Waals surface area contributed by atoms with Crippen LogP contribution >= 0.6 is 0 Å². The molecule has 0 saturated heterocycles. The maximum atomic E-state index is 2.63. The summed E-state index contributed by atoms with van der Waals surface area (Å²) < 4.78 is 4.93. The van der Waals surface area contributed by atoms with Gasteiger partial charge in [0.25, 0.3) is 0 Å². The summed E-state index contributed by atoms with van der Waals surface area (Å²) in [6, 6.07) is 23.0. The van der Waals surface area contributed by atoms with Gasteiger partial charge in [-0.1, -0.05) is 0 Å². The quantitative estimate of drug-likeness (QED) is 0.257. The van der Waals surface area contributed by atoms with Gasteiger partial charge in [-0.25, -0.2) is 0 Å². The third kappa shape index (κ3) is 7.54. The molecule has 2 aromatic rings. The van der Waals surface area contributed by atoms with Crippen molar-refractivity contribution >= 4 is 46.3 Å². The van der Waals surface area contributed by atoms with E-state index in [1.54, 1.807) is 22.9 Å². The first-order valence-corrected chi connectivity index (χ1v) is 24.4. The van der Waals surface area contributed by atoms with Crippen molar-refractivity contribution in [3.8, 4) is 0 Å². The molecule has 2 rings (SSSR count). The molecular weight excluding hydrogens is 463 g/mol. The average Bonchev–Trinajstić information content (AvgIpc) is 2.66. The van der Waals surface area contributed by atoms with Crippen molar-refractivity contribution in [1.29, 1.82) is 0 Å². The Hall–Kier alpha value is -0.328. The van der Waals surface area contributed by atoms with E-state index in [2.05, 4.69) is 93.8 Å². The molecule has 0 aromatic heterocycles. The van der Waals surface area contributed by atoms with Crippen LogP contribution in [0.25, 0.3) is 0 Å². The Labute approximate surface area is 177 Å². The van der Waals surface area contributed by atoms with Gasteiger partial charge >= 0.3 is 178 Å². The Kier molecular flexibility index (Phi) is 9.36. The van der Waals surface area contributed by atoms with E-state index < -0.39 is 35.9 Å². The van der Waals surface area contributed by atoms with Crippen LogP contribution < -0.4 is 10.4 Å². The molecule has 0 aliphatic carbocycles. The second-order valence-electron chi connectivity index (χ2n) is 9.62. The standard InChI is InChI=1S/2C9H13Si.C6H13.Sn.H/c2*1-10(2,3)9-7-5-4-6-8-9;1-3-5-6-4-2;;/h2*4-8H,1H2,2-3H3;1,3-6H2,2H3;;. The molecule has 3 heteroatoms. The number of unbranched alkanes of at least 4 members (excludes halogenated alkanes) is 3. The third-order valence-corrected chi connectivity index (χ3v) is 44.0. The van der Waals surface area contributed by atoms with Gasteiger partial charge < -0.3 is 0 Å². The first-order valence-electron chi connectivity index (χ1n) is 11.0. The minimum absolute atomic E-state index is 1.30. The van der Waals surface area contributed by atoms with Crippen LogP contribution in [-0.2, 0) is 0 Å². The van der Waals surface area contributed by atoms with Gasteiger partial charge in [-0.15, -0.1) is 0 Å². The van der Waals surface area contributed by atoms with E-state index in [1.807, 2.05) is 0 Å². The molecular formula is C24H40Si2Sn. The first-order chi connectivity index (χ1) is 12.8. The molecule has 0 bridgehead atoms. The topological polar surface area (TPSA) is 0 Å². The summed E-state index contributed by atoms with van der Waals surface area (Å²) in [7, 11) is -2.59. The molecule has 0 N–H and O–H groups in total. The summed E-state index contributed by atoms with van der Waals surface area (Å²) >= 11 is -1.57. The summed E-state index contributed by atoms with van der Waals surface area (Å²) in [5.74, 6) is 0. The summed E-state index contributed by atoms with van der Waals surface area (Å²) in [4.78, 5) is 0. The van der Waals surface area contributed by atoms with Crippen molar-refractivity contribution in [3.63, 3.8) is 0 Å². The molecule has 0 aliphatic heterocycles. The Balaban J connectivity index is 2.13. The predicted octanol–water partition coefficient (Wildman–Crippen LogP) is 6.10. The SMILES string of the molecule is CCCCC[CH2][SnH]([CH2][Si](C)(C)c1ccccc1)[CH2][Si](C)(C)c1ccccc1. The number of hydrogen-bond acceptors (Lipinski definition) is 0. The van der Waals surface area contributed by atoms with Crippen molar-refractivity contribution in [1.82, 2.24) is 0 Å². The second kappa shape index (κ2) is 11.0. The summed E-state index contributed by atoms with van der Waals surface area (Å²) in [6.45, 7) is 12.9. The van der Waals surface area contributed by atoms with E-state index in [0.717, 1.165) is 0 Å². The zero-order valence-electron chi connectivity index (χ0n) is 18.3. The van der Waals surface area contributed by atoms with Crippen molar-refractivity contribution in [2.75, 3.05) is 0 Å². The van der Waals surface area contributed by atoms with Gasteiger partial charge in [0, 0.05) is 0 Å². The van der Waals surface area contributed by atoms with Crippen LogP contribution in [-0.4, -0.2) is 35.9 Å². The number of rotatable bonds is 11. The fraction of sp³-hybridized carbons (Fsp3) is 0.500. The Morgan fingerprint density at radius 1 is 0.630 bits per heavy atom. The van der Waals surface area contributed by atoms with Gasteiger partial charge in [0.2, 0.25) is 0 Å². The van der Waals surface area contributed by atoms with E-state index in [-0.39, 0.29) is 0 Å². The molecule has 148 valence electrons. The average molecular weight is 503 g/mol. The van der Waals surface area contributed by atoms with Gasteiger partial charge in [-0.05, 0) is 0 Å². The monoisotopic (exact) mass is 504 g/mol. The molecule has 0 saturated carbocycles. The van der Waals surface area contributed by atoms with Gasteiger partial charge in [-0.2, -0.15) is 0 Å². The molecule has 0 fully saturated rings. The maximum absolute atomic E-state index is 2.63. The molecule has 2 aromatic carbocycles. The third-order valence-electron chi connectivity index (χ3n) is 6.17. The van der Waals surface area contributed by atoms with E-state index >= 15 is 0 Å². The normalized spacial score (nSPS) is 12.5. The molecule has 0 nitrogen and oxygen atoms in total. The van der Waals surface area contributed by atoms with E-state index in [1.165, 1.54) is 25.7 Å². The zero-order valence-corrected chi connectivity index (χ0v) is 23.6. The molecule has 0 aliphatic rings. The molecule has 0 heterocycles. The van der Waals surface area contributed by atoms with Crippen LogP contribution in [0, 0.1) is 0 Å². The molecule has 0 amide bonds. The van der Waals surface area contributed by atoms with Crippen LogP contribution in [0.15, 0.2) is 60.7 Å². The van der Waals surface area contributed by atoms with E-state index in [4.69, 9.17) is 0 Å². The van der Waals surface area contributed by atoms with Crippen LogP contribution in [0.4, 0.5) is 0 Å². The first kappa shape index (κ1) is 23.0. The van der Waals surface area contributed by atoms with Crippen LogP contribution in [0.2, 0.25) is 38.7 Å². The molecule has 0 radical (unpaired) electrons. The van der Waals surface area contributed by atoms with Gasteiger partial charge in [0.1, 0.15) is 0 Å². The molecule has 0 unspecified atom stereocenters. The van der Waals surface area contributed by atoms with Crippen LogP contribution in [0.1, 0.15) is 32.6 Å². The van der Waals surface area contributed by atoms with Crippen molar-refractivity contribution < 1.29 is 0 Å². The summed E-state index contributed by atoms with van der Waals surface area (Å²) in [5, 5.41) is 3.36. The predicted molar refractivity (Wildman–Crippen MR) is 133 cm³/mol. The van der Waals surface area contributed by atoms with E-state index in [0.29, 0.717) is 0 Å². The van der Waals surface area contributed by atoms with Gasteiger partial charge in [0.15, 0.2) is 0 Å². The fourth-order valence-electron chi connectivity index (χ4n) is 4.59. The Bertz CT molecular complexity index is 599. The number of benzene rings is 2. The van der Waals surface area contributed by atoms with Gasteiger partial charge in [0.05, 0.1) is 0 Å². The van der Waals surface area contributed by atoms with Crippen LogP contribution in [0.5, 0.6) is 0 Å². The zero-order chi connectivity index (χ0) is 19.8. The molecule has 0 spiro atoms. The second-order valence-corrected chi connectivity index (χ2v) is 32.7. The fourth-order valence-corrected chi connectivity index (χ4v) is 49.6. The van der Waals surface area contributed by atoms with Crippen LogP contribution in [0.3, 0.4) is 0 Å². The van der Waals surface area contributed by atoms with Crippen molar-refractivity contribution in [2.24, 2.45) is 0 Å². The Morgan fingerprint density at radius 3 is 1.48 bits per heavy atom. The summed E-state index contributed by atoms with van der Waals surface area (Å²) in [5.41, 5.74) is 0. The van der Waals surface area contributed by atoms with Gasteiger partial charge in [-0.3, -0.25) is 0 Å². The number of hydrogen-bond donors (Lipinski definition) is 0. The van der Waals surface area contributed by atoms with E-state index in [9.17, 15) is 0 Å². The van der Waals surface area contributed by atoms with Crippen molar-refractivity contribution in [3.05, 3.63) is 60.7 Å². The molecule has 0 atom stereocenters. The summed E-state index contributed by atoms with van der Waals surface area (Å²) in [6.07, 6.45) is 5.75.